The van der Waals surface area contributed by atoms with Crippen LogP contribution >= 0.6 is 0 Å². The van der Waals surface area contributed by atoms with E-state index in [0.717, 1.165) is 18.2 Å². The Balaban J connectivity index is 2.97. The topological polar surface area (TPSA) is 139 Å². The molecule has 9 heteroatoms. The van der Waals surface area contributed by atoms with Gasteiger partial charge in [0, 0.05) is 17.7 Å². The van der Waals surface area contributed by atoms with Gasteiger partial charge in [-0.15, -0.1) is 0 Å². The molecule has 0 amide bonds. The summed E-state index contributed by atoms with van der Waals surface area (Å²) in [7, 11) is 0. The van der Waals surface area contributed by atoms with Crippen molar-refractivity contribution in [2.24, 2.45) is 5.73 Å². The first-order valence-electron chi connectivity index (χ1n) is 5.16. The van der Waals surface area contributed by atoms with E-state index in [0.29, 0.717) is 0 Å². The molecular formula is C10H11N3O6. The highest BCUT2D eigenvalue weighted by Gasteiger charge is 2.17. The first-order chi connectivity index (χ1) is 8.81. The Morgan fingerprint density at radius 1 is 1.26 bits per heavy atom. The predicted molar refractivity (Wildman–Crippen MR) is 63.2 cm³/mol. The molecule has 0 heterocycles. The molecule has 2 N–H and O–H groups in total. The fraction of sp³-hybridized carbons (Fsp3) is 0.300. The van der Waals surface area contributed by atoms with E-state index in [1.807, 2.05) is 0 Å². The summed E-state index contributed by atoms with van der Waals surface area (Å²) < 4.78 is 4.75. The van der Waals surface area contributed by atoms with Gasteiger partial charge in [-0.3, -0.25) is 25.0 Å². The minimum absolute atomic E-state index is 0.148. The van der Waals surface area contributed by atoms with Crippen LogP contribution in [0.3, 0.4) is 0 Å². The lowest BCUT2D eigenvalue weighted by molar-refractivity contribution is -0.394. The minimum Gasteiger partial charge on any atom is -0.460 e. The van der Waals surface area contributed by atoms with Gasteiger partial charge in [0.1, 0.15) is 12.6 Å². The van der Waals surface area contributed by atoms with Gasteiger partial charge in [0.15, 0.2) is 0 Å². The van der Waals surface area contributed by atoms with E-state index >= 15 is 0 Å². The van der Waals surface area contributed by atoms with Crippen LogP contribution in [-0.2, 0) is 16.1 Å². The number of carbonyl (C=O) groups is 1. The van der Waals surface area contributed by atoms with Gasteiger partial charge in [0.05, 0.1) is 15.9 Å². The standard InChI is InChI=1S/C10H11N3O6/c1-6(11)10(14)19-5-7-2-8(12(15)16)4-9(3-7)13(17)18/h2-4,6H,5,11H2,1H3/t6-/m0/s1. The first-order valence-corrected chi connectivity index (χ1v) is 5.16. The van der Waals surface area contributed by atoms with Crippen molar-refractivity contribution in [1.82, 2.24) is 0 Å². The number of rotatable bonds is 5. The third-order valence-corrected chi connectivity index (χ3v) is 2.14. The van der Waals surface area contributed by atoms with Crippen molar-refractivity contribution in [2.75, 3.05) is 0 Å². The molecule has 0 aliphatic carbocycles. The molecule has 0 aromatic heterocycles. The highest BCUT2D eigenvalue weighted by atomic mass is 16.6. The third kappa shape index (κ3) is 4.00. The molecule has 0 radical (unpaired) electrons. The second-order valence-corrected chi connectivity index (χ2v) is 3.77. The van der Waals surface area contributed by atoms with Gasteiger partial charge < -0.3 is 10.5 Å². The van der Waals surface area contributed by atoms with Crippen molar-refractivity contribution in [3.63, 3.8) is 0 Å². The Morgan fingerprint density at radius 2 is 1.74 bits per heavy atom. The molecular weight excluding hydrogens is 258 g/mol. The monoisotopic (exact) mass is 269 g/mol. The highest BCUT2D eigenvalue weighted by molar-refractivity contribution is 5.74. The molecule has 0 bridgehead atoms. The van der Waals surface area contributed by atoms with Crippen LogP contribution in [0.1, 0.15) is 12.5 Å². The van der Waals surface area contributed by atoms with Gasteiger partial charge >= 0.3 is 5.97 Å². The van der Waals surface area contributed by atoms with E-state index < -0.39 is 33.2 Å². The highest BCUT2D eigenvalue weighted by Crippen LogP contribution is 2.23. The Labute approximate surface area is 107 Å². The lowest BCUT2D eigenvalue weighted by Crippen LogP contribution is -2.28. The number of nitro benzene ring substituents is 2. The number of hydrogen-bond donors (Lipinski definition) is 1. The molecule has 0 spiro atoms. The van der Waals surface area contributed by atoms with Gasteiger partial charge in [-0.1, -0.05) is 0 Å². The van der Waals surface area contributed by atoms with Gasteiger partial charge in [-0.2, -0.15) is 0 Å². The Morgan fingerprint density at radius 3 is 2.11 bits per heavy atom. The van der Waals surface area contributed by atoms with Crippen LogP contribution in [-0.4, -0.2) is 21.9 Å². The maximum atomic E-state index is 11.1. The largest absolute Gasteiger partial charge is 0.460 e. The Kier molecular flexibility index (Phi) is 4.48. The molecule has 0 aliphatic rings. The number of esters is 1. The predicted octanol–water partition coefficient (Wildman–Crippen LogP) is 0.893. The zero-order valence-corrected chi connectivity index (χ0v) is 9.94. The summed E-state index contributed by atoms with van der Waals surface area (Å²) in [6, 6.07) is 2.19. The number of carbonyl (C=O) groups excluding carboxylic acids is 1. The molecule has 9 nitrogen and oxygen atoms in total. The zero-order chi connectivity index (χ0) is 14.6. The van der Waals surface area contributed by atoms with Crippen molar-refractivity contribution in [3.05, 3.63) is 44.0 Å². The van der Waals surface area contributed by atoms with Gasteiger partial charge in [-0.25, -0.2) is 0 Å². The van der Waals surface area contributed by atoms with Gasteiger partial charge in [0.25, 0.3) is 11.4 Å². The van der Waals surface area contributed by atoms with Crippen LogP contribution in [0.15, 0.2) is 18.2 Å². The first kappa shape index (κ1) is 14.5. The number of benzene rings is 1. The summed E-state index contributed by atoms with van der Waals surface area (Å²) in [5, 5.41) is 21.3. The molecule has 0 saturated carbocycles. The van der Waals surface area contributed by atoms with Crippen molar-refractivity contribution in [2.45, 2.75) is 19.6 Å². The Hall–Kier alpha value is -2.55. The van der Waals surface area contributed by atoms with Crippen molar-refractivity contribution in [3.8, 4) is 0 Å². The zero-order valence-electron chi connectivity index (χ0n) is 9.94. The van der Waals surface area contributed by atoms with Crippen LogP contribution in [0.2, 0.25) is 0 Å². The quantitative estimate of drug-likeness (QED) is 0.475. The van der Waals surface area contributed by atoms with Crippen molar-refractivity contribution < 1.29 is 19.4 Å². The molecule has 0 fully saturated rings. The van der Waals surface area contributed by atoms with Crippen LogP contribution in [0.4, 0.5) is 11.4 Å². The number of nitrogens with two attached hydrogens (primary N) is 1. The fourth-order valence-corrected chi connectivity index (χ4v) is 1.24. The van der Waals surface area contributed by atoms with Crippen LogP contribution < -0.4 is 5.73 Å². The summed E-state index contributed by atoms with van der Waals surface area (Å²) in [5.74, 6) is -0.700. The lowest BCUT2D eigenvalue weighted by Gasteiger charge is -2.07. The van der Waals surface area contributed by atoms with Gasteiger partial charge in [0.2, 0.25) is 0 Å². The van der Waals surface area contributed by atoms with E-state index in [-0.39, 0.29) is 12.2 Å². The van der Waals surface area contributed by atoms with Crippen LogP contribution in [0.5, 0.6) is 0 Å². The van der Waals surface area contributed by atoms with E-state index in [9.17, 15) is 25.0 Å². The normalized spacial score (nSPS) is 11.7. The maximum absolute atomic E-state index is 11.1. The molecule has 1 rings (SSSR count). The number of hydrogen-bond acceptors (Lipinski definition) is 7. The summed E-state index contributed by atoms with van der Waals surface area (Å²) in [5.41, 5.74) is 4.53. The summed E-state index contributed by atoms with van der Waals surface area (Å²) >= 11 is 0. The molecule has 0 saturated heterocycles. The Bertz CT molecular complexity index is 496. The van der Waals surface area contributed by atoms with Crippen LogP contribution in [0, 0.1) is 20.2 Å². The lowest BCUT2D eigenvalue weighted by atomic mass is 10.2. The van der Waals surface area contributed by atoms with E-state index in [1.54, 1.807) is 0 Å². The molecule has 19 heavy (non-hydrogen) atoms. The van der Waals surface area contributed by atoms with E-state index in [2.05, 4.69) is 0 Å². The molecule has 1 atom stereocenters. The second kappa shape index (κ2) is 5.87. The summed E-state index contributed by atoms with van der Waals surface area (Å²) in [4.78, 5) is 30.9. The molecule has 1 aromatic rings. The van der Waals surface area contributed by atoms with E-state index in [4.69, 9.17) is 10.5 Å². The van der Waals surface area contributed by atoms with Crippen LogP contribution in [0.25, 0.3) is 0 Å². The average molecular weight is 269 g/mol. The number of nitrogens with zero attached hydrogens (tertiary/aromatic N) is 2. The average Bonchev–Trinajstić information content (AvgIpc) is 2.35. The molecule has 102 valence electrons. The SMILES string of the molecule is C[C@H](N)C(=O)OCc1cc([N+](=O)[O-])cc([N+](=O)[O-])c1. The third-order valence-electron chi connectivity index (χ3n) is 2.14. The molecule has 1 aromatic carbocycles. The summed E-state index contributed by atoms with van der Waals surface area (Å²) in [6.45, 7) is 1.10. The second-order valence-electron chi connectivity index (χ2n) is 3.77. The summed E-state index contributed by atoms with van der Waals surface area (Å²) in [6.07, 6.45) is 0. The fourth-order valence-electron chi connectivity index (χ4n) is 1.24. The molecule has 0 aliphatic heterocycles. The maximum Gasteiger partial charge on any atom is 0.322 e. The van der Waals surface area contributed by atoms with Crippen molar-refractivity contribution >= 4 is 17.3 Å². The molecule has 0 unspecified atom stereocenters. The number of nitro groups is 2. The number of ether oxygens (including phenoxy) is 1. The minimum atomic E-state index is -0.839. The van der Waals surface area contributed by atoms with E-state index in [1.165, 1.54) is 6.92 Å². The number of non-ortho nitro benzene ring substituents is 2. The smallest absolute Gasteiger partial charge is 0.322 e. The van der Waals surface area contributed by atoms with Crippen molar-refractivity contribution in [1.29, 1.82) is 0 Å². The van der Waals surface area contributed by atoms with Gasteiger partial charge in [-0.05, 0) is 6.92 Å².